The number of aliphatic hydroxyl groups is 2. The Balaban J connectivity index is 0. The fourth-order valence-electron chi connectivity index (χ4n) is 1.91. The van der Waals surface area contributed by atoms with E-state index >= 15 is 0 Å². The first kappa shape index (κ1) is 31.1. The highest BCUT2D eigenvalue weighted by molar-refractivity contribution is 5.70. The Morgan fingerprint density at radius 1 is 0.774 bits per heavy atom. The normalized spacial score (nSPS) is 9.58. The average molecular weight is 447 g/mol. The third-order valence-electron chi connectivity index (χ3n) is 3.19. The van der Waals surface area contributed by atoms with Crippen LogP contribution < -0.4 is 0 Å². The fourth-order valence-corrected chi connectivity index (χ4v) is 1.91. The molecule has 9 nitrogen and oxygen atoms in total. The second kappa shape index (κ2) is 26.0. The molecule has 0 fully saturated rings. The zero-order valence-corrected chi connectivity index (χ0v) is 18.9. The van der Waals surface area contributed by atoms with E-state index in [1.807, 2.05) is 30.3 Å². The van der Waals surface area contributed by atoms with Crippen LogP contribution in [0.5, 0.6) is 0 Å². The Kier molecular flexibility index (Phi) is 26.1. The molecule has 0 spiro atoms. The van der Waals surface area contributed by atoms with Crippen molar-refractivity contribution in [2.45, 2.75) is 33.3 Å². The van der Waals surface area contributed by atoms with E-state index in [0.717, 1.165) is 19.1 Å². The van der Waals surface area contributed by atoms with Gasteiger partial charge in [0.05, 0.1) is 19.8 Å². The van der Waals surface area contributed by atoms with Gasteiger partial charge in [-0.25, -0.2) is 9.59 Å². The number of carbonyl (C=O) groups is 2. The quantitative estimate of drug-likeness (QED) is 0.306. The van der Waals surface area contributed by atoms with Gasteiger partial charge >= 0.3 is 11.9 Å². The molecule has 0 bridgehead atoms. The first-order valence-corrected chi connectivity index (χ1v) is 10.3. The van der Waals surface area contributed by atoms with Gasteiger partial charge < -0.3 is 33.9 Å². The summed E-state index contributed by atoms with van der Waals surface area (Å²) in [7, 11) is 1.00. The van der Waals surface area contributed by atoms with Crippen LogP contribution in [0.1, 0.15) is 32.3 Å². The van der Waals surface area contributed by atoms with Gasteiger partial charge in [0.25, 0.3) is 0 Å². The Hall–Kier alpha value is -2.04. The first-order chi connectivity index (χ1) is 15.1. The van der Waals surface area contributed by atoms with Crippen molar-refractivity contribution in [1.29, 1.82) is 0 Å². The highest BCUT2D eigenvalue weighted by Crippen LogP contribution is 2.00. The zero-order valence-electron chi connectivity index (χ0n) is 18.9. The summed E-state index contributed by atoms with van der Waals surface area (Å²) in [4.78, 5) is 21.5. The van der Waals surface area contributed by atoms with Gasteiger partial charge in [-0.05, 0) is 32.3 Å². The lowest BCUT2D eigenvalue weighted by Gasteiger charge is -2.05. The highest BCUT2D eigenvalue weighted by atomic mass is 16.6. The summed E-state index contributed by atoms with van der Waals surface area (Å²) in [5, 5.41) is 15.3. The van der Waals surface area contributed by atoms with Crippen molar-refractivity contribution >= 4 is 11.9 Å². The molecule has 0 aliphatic rings. The predicted molar refractivity (Wildman–Crippen MR) is 115 cm³/mol. The number of esters is 2. The van der Waals surface area contributed by atoms with Crippen molar-refractivity contribution in [3.63, 3.8) is 0 Å². The minimum Gasteiger partial charge on any atom is -0.464 e. The molecule has 0 amide bonds. The molecule has 0 atom stereocenters. The van der Waals surface area contributed by atoms with E-state index in [-0.39, 0.29) is 31.8 Å². The standard InChI is InChI=1S/C14H20O4.C7H14O4.CH4O/c1-2-18-14(15)12-17-10-6-9-16-11-13-7-4-3-5-8-13;1-2-11-7(9)6-10-5-3-4-8;1-2/h3-5,7-8H,2,6,9-12H2,1H3;8H,2-6H2,1H3;2H,1H3. The van der Waals surface area contributed by atoms with Crippen LogP contribution >= 0.6 is 0 Å². The summed E-state index contributed by atoms with van der Waals surface area (Å²) in [6.07, 6.45) is 1.33. The number of hydrogen-bond acceptors (Lipinski definition) is 9. The van der Waals surface area contributed by atoms with Gasteiger partial charge in [0, 0.05) is 33.5 Å². The lowest BCUT2D eigenvalue weighted by atomic mass is 10.2. The van der Waals surface area contributed by atoms with Crippen LogP contribution in [0, 0.1) is 0 Å². The van der Waals surface area contributed by atoms with Gasteiger partial charge in [0.1, 0.15) is 13.2 Å². The maximum atomic E-state index is 10.9. The van der Waals surface area contributed by atoms with Gasteiger partial charge in [-0.15, -0.1) is 0 Å². The largest absolute Gasteiger partial charge is 0.464 e. The Bertz CT molecular complexity index is 509. The van der Waals surface area contributed by atoms with Crippen molar-refractivity contribution in [1.82, 2.24) is 0 Å². The molecule has 9 heteroatoms. The van der Waals surface area contributed by atoms with Crippen molar-refractivity contribution in [2.75, 3.05) is 60.0 Å². The van der Waals surface area contributed by atoms with Crippen molar-refractivity contribution in [3.05, 3.63) is 35.9 Å². The first-order valence-electron chi connectivity index (χ1n) is 10.3. The van der Waals surface area contributed by atoms with E-state index in [1.165, 1.54) is 0 Å². The minimum absolute atomic E-state index is 0.0200. The molecular formula is C22H38O9. The predicted octanol–water partition coefficient (Wildman–Crippen LogP) is 1.73. The van der Waals surface area contributed by atoms with Crippen LogP contribution in [0.4, 0.5) is 0 Å². The van der Waals surface area contributed by atoms with Crippen LogP contribution in [-0.4, -0.2) is 82.1 Å². The summed E-state index contributed by atoms with van der Waals surface area (Å²) in [6.45, 7) is 6.51. The number of hydrogen-bond donors (Lipinski definition) is 2. The number of aliphatic hydroxyl groups excluding tert-OH is 2. The van der Waals surface area contributed by atoms with E-state index in [9.17, 15) is 9.59 Å². The van der Waals surface area contributed by atoms with Crippen LogP contribution in [0.3, 0.4) is 0 Å². The summed E-state index contributed by atoms with van der Waals surface area (Å²) in [5.74, 6) is -0.673. The lowest BCUT2D eigenvalue weighted by molar-refractivity contribution is -0.149. The van der Waals surface area contributed by atoms with Crippen molar-refractivity contribution in [2.24, 2.45) is 0 Å². The van der Waals surface area contributed by atoms with Crippen LogP contribution in [-0.2, 0) is 39.9 Å². The van der Waals surface area contributed by atoms with Gasteiger partial charge in [-0.3, -0.25) is 0 Å². The van der Waals surface area contributed by atoms with Gasteiger partial charge in [0.15, 0.2) is 0 Å². The molecule has 0 heterocycles. The van der Waals surface area contributed by atoms with Crippen molar-refractivity contribution in [3.8, 4) is 0 Å². The maximum absolute atomic E-state index is 10.9. The summed E-state index contributed by atoms with van der Waals surface area (Å²) in [6, 6.07) is 10.0. The third kappa shape index (κ3) is 24.1. The number of rotatable bonds is 15. The molecule has 0 aliphatic carbocycles. The van der Waals surface area contributed by atoms with Crippen LogP contribution in [0.25, 0.3) is 0 Å². The molecule has 0 saturated carbocycles. The molecule has 1 aromatic rings. The van der Waals surface area contributed by atoms with E-state index in [0.29, 0.717) is 46.1 Å². The lowest BCUT2D eigenvalue weighted by Crippen LogP contribution is -2.13. The second-order valence-corrected chi connectivity index (χ2v) is 5.68. The average Bonchev–Trinajstić information content (AvgIpc) is 2.79. The Labute approximate surface area is 185 Å². The molecule has 2 N–H and O–H groups in total. The van der Waals surface area contributed by atoms with E-state index < -0.39 is 0 Å². The van der Waals surface area contributed by atoms with E-state index in [2.05, 4.69) is 4.74 Å². The van der Waals surface area contributed by atoms with Gasteiger partial charge in [0.2, 0.25) is 0 Å². The minimum atomic E-state index is -0.356. The molecular weight excluding hydrogens is 408 g/mol. The molecule has 1 aromatic carbocycles. The maximum Gasteiger partial charge on any atom is 0.332 e. The summed E-state index contributed by atoms with van der Waals surface area (Å²) >= 11 is 0. The topological polar surface area (TPSA) is 121 Å². The molecule has 0 radical (unpaired) electrons. The molecule has 0 aliphatic heterocycles. The SMILES string of the molecule is CCOC(=O)COCCCO.CCOC(=O)COCCCOCc1ccccc1.CO. The molecule has 1 rings (SSSR count). The molecule has 0 saturated heterocycles. The third-order valence-corrected chi connectivity index (χ3v) is 3.19. The highest BCUT2D eigenvalue weighted by Gasteiger charge is 2.01. The summed E-state index contributed by atoms with van der Waals surface area (Å²) < 4.78 is 24.8. The molecule has 31 heavy (non-hydrogen) atoms. The van der Waals surface area contributed by atoms with Gasteiger partial charge in [-0.1, -0.05) is 30.3 Å². The Morgan fingerprint density at radius 2 is 1.26 bits per heavy atom. The molecule has 0 aromatic heterocycles. The van der Waals surface area contributed by atoms with E-state index in [4.69, 9.17) is 29.2 Å². The monoisotopic (exact) mass is 446 g/mol. The van der Waals surface area contributed by atoms with Crippen LogP contribution in [0.15, 0.2) is 30.3 Å². The van der Waals surface area contributed by atoms with Gasteiger partial charge in [-0.2, -0.15) is 0 Å². The van der Waals surface area contributed by atoms with E-state index in [1.54, 1.807) is 13.8 Å². The Morgan fingerprint density at radius 3 is 1.74 bits per heavy atom. The number of benzene rings is 1. The summed E-state index contributed by atoms with van der Waals surface area (Å²) in [5.41, 5.74) is 1.16. The molecule has 180 valence electrons. The number of carbonyl (C=O) groups excluding carboxylic acids is 2. The zero-order chi connectivity index (χ0) is 23.6. The second-order valence-electron chi connectivity index (χ2n) is 5.68. The molecule has 0 unspecified atom stereocenters. The smallest absolute Gasteiger partial charge is 0.332 e. The van der Waals surface area contributed by atoms with Crippen molar-refractivity contribution < 1.29 is 43.5 Å². The number of ether oxygens (including phenoxy) is 5. The van der Waals surface area contributed by atoms with Crippen LogP contribution in [0.2, 0.25) is 0 Å². The fraction of sp³-hybridized carbons (Fsp3) is 0.636.